The highest BCUT2D eigenvalue weighted by atomic mass is 35.5. The second kappa shape index (κ2) is 9.89. The maximum atomic E-state index is 6.12. The van der Waals surface area contributed by atoms with Gasteiger partial charge in [-0.05, 0) is 35.4 Å². The highest BCUT2D eigenvalue weighted by molar-refractivity contribution is 7.99. The molecule has 30 heavy (non-hydrogen) atoms. The van der Waals surface area contributed by atoms with Gasteiger partial charge in [-0.2, -0.15) is 0 Å². The van der Waals surface area contributed by atoms with E-state index in [0.717, 1.165) is 27.1 Å². The fraction of sp³-hybridized carbons (Fsp3) is 0.174. The van der Waals surface area contributed by atoms with Crippen LogP contribution in [0.4, 0.5) is 0 Å². The molecule has 0 saturated heterocycles. The molecular weight excluding hydrogens is 416 g/mol. The SMILES string of the molecule is COCCn1c(SC(c2ccccc2)c2ccc(Cl)cc2)nnc1-c1ccncc1. The number of benzene rings is 2. The van der Waals surface area contributed by atoms with Crippen LogP contribution in [-0.2, 0) is 11.3 Å². The molecule has 5 nitrogen and oxygen atoms in total. The minimum Gasteiger partial charge on any atom is -0.383 e. The van der Waals surface area contributed by atoms with E-state index in [1.54, 1.807) is 31.3 Å². The van der Waals surface area contributed by atoms with Crippen molar-refractivity contribution in [3.05, 3.63) is 95.3 Å². The zero-order valence-corrected chi connectivity index (χ0v) is 18.1. The van der Waals surface area contributed by atoms with Crippen molar-refractivity contribution in [1.29, 1.82) is 0 Å². The van der Waals surface area contributed by atoms with E-state index in [1.807, 2.05) is 30.3 Å². The number of methoxy groups -OCH3 is 1. The predicted octanol–water partition coefficient (Wildman–Crippen LogP) is 5.52. The Labute approximate surface area is 185 Å². The van der Waals surface area contributed by atoms with Crippen molar-refractivity contribution in [2.75, 3.05) is 13.7 Å². The van der Waals surface area contributed by atoms with Crippen molar-refractivity contribution >= 4 is 23.4 Å². The molecule has 4 aromatic rings. The second-order valence-electron chi connectivity index (χ2n) is 6.65. The highest BCUT2D eigenvalue weighted by Crippen LogP contribution is 2.40. The number of aromatic nitrogens is 4. The largest absolute Gasteiger partial charge is 0.383 e. The number of nitrogens with zero attached hydrogens (tertiary/aromatic N) is 4. The summed E-state index contributed by atoms with van der Waals surface area (Å²) in [6.45, 7) is 1.23. The van der Waals surface area contributed by atoms with Crippen LogP contribution < -0.4 is 0 Å². The number of hydrogen-bond acceptors (Lipinski definition) is 5. The Morgan fingerprint density at radius 3 is 2.33 bits per heavy atom. The average Bonchev–Trinajstić information content (AvgIpc) is 3.20. The van der Waals surface area contributed by atoms with Gasteiger partial charge in [0, 0.05) is 30.1 Å². The van der Waals surface area contributed by atoms with Gasteiger partial charge in [-0.15, -0.1) is 10.2 Å². The maximum Gasteiger partial charge on any atom is 0.192 e. The Bertz CT molecular complexity index is 1070. The first-order valence-electron chi connectivity index (χ1n) is 9.56. The lowest BCUT2D eigenvalue weighted by Gasteiger charge is -2.18. The van der Waals surface area contributed by atoms with Gasteiger partial charge in [-0.3, -0.25) is 9.55 Å². The molecule has 0 saturated carbocycles. The van der Waals surface area contributed by atoms with Crippen LogP contribution in [0.25, 0.3) is 11.4 Å². The van der Waals surface area contributed by atoms with Crippen LogP contribution in [0, 0.1) is 0 Å². The molecule has 4 rings (SSSR count). The first-order valence-corrected chi connectivity index (χ1v) is 10.8. The third-order valence-corrected chi connectivity index (χ3v) is 6.22. The average molecular weight is 437 g/mol. The zero-order chi connectivity index (χ0) is 20.8. The van der Waals surface area contributed by atoms with Gasteiger partial charge in [-0.1, -0.05) is 65.8 Å². The number of pyridine rings is 1. The standard InChI is InChI=1S/C23H21ClN4OS/c1-29-16-15-28-22(19-11-13-25-14-12-19)26-27-23(28)30-21(17-5-3-2-4-6-17)18-7-9-20(24)10-8-18/h2-14,21H,15-16H2,1H3. The van der Waals surface area contributed by atoms with Crippen LogP contribution in [0.5, 0.6) is 0 Å². The van der Waals surface area contributed by atoms with E-state index in [0.29, 0.717) is 13.2 Å². The Balaban J connectivity index is 1.74. The minimum absolute atomic E-state index is 0.0549. The molecule has 0 radical (unpaired) electrons. The van der Waals surface area contributed by atoms with Gasteiger partial charge in [0.1, 0.15) is 0 Å². The quantitative estimate of drug-likeness (QED) is 0.340. The number of rotatable bonds is 8. The summed E-state index contributed by atoms with van der Waals surface area (Å²) in [5, 5.41) is 10.6. The van der Waals surface area contributed by atoms with Crippen molar-refractivity contribution in [1.82, 2.24) is 19.7 Å². The molecule has 0 N–H and O–H groups in total. The smallest absolute Gasteiger partial charge is 0.192 e. The molecule has 0 aliphatic carbocycles. The van der Waals surface area contributed by atoms with E-state index in [-0.39, 0.29) is 5.25 Å². The van der Waals surface area contributed by atoms with Gasteiger partial charge < -0.3 is 4.74 Å². The van der Waals surface area contributed by atoms with Gasteiger partial charge in [0.15, 0.2) is 11.0 Å². The van der Waals surface area contributed by atoms with Crippen LogP contribution in [0.15, 0.2) is 84.3 Å². The highest BCUT2D eigenvalue weighted by Gasteiger charge is 2.21. The van der Waals surface area contributed by atoms with Gasteiger partial charge in [0.2, 0.25) is 0 Å². The van der Waals surface area contributed by atoms with Gasteiger partial charge >= 0.3 is 0 Å². The number of halogens is 1. The zero-order valence-electron chi connectivity index (χ0n) is 16.5. The molecule has 7 heteroatoms. The third-order valence-electron chi connectivity index (χ3n) is 4.67. The molecular formula is C23H21ClN4OS. The van der Waals surface area contributed by atoms with Crippen molar-refractivity contribution in [2.45, 2.75) is 17.0 Å². The van der Waals surface area contributed by atoms with Crippen LogP contribution in [0.1, 0.15) is 16.4 Å². The first-order chi connectivity index (χ1) is 14.8. The summed E-state index contributed by atoms with van der Waals surface area (Å²) in [4.78, 5) is 4.11. The molecule has 1 unspecified atom stereocenters. The van der Waals surface area contributed by atoms with Gasteiger partial charge in [-0.25, -0.2) is 0 Å². The summed E-state index contributed by atoms with van der Waals surface area (Å²) >= 11 is 7.79. The normalized spacial score (nSPS) is 12.1. The molecule has 0 bridgehead atoms. The molecule has 2 heterocycles. The molecule has 152 valence electrons. The molecule has 0 aliphatic heterocycles. The summed E-state index contributed by atoms with van der Waals surface area (Å²) < 4.78 is 7.44. The Morgan fingerprint density at radius 2 is 1.63 bits per heavy atom. The van der Waals surface area contributed by atoms with Crippen molar-refractivity contribution in [3.63, 3.8) is 0 Å². The number of ether oxygens (including phenoxy) is 1. The molecule has 0 fully saturated rings. The minimum atomic E-state index is 0.0549. The first kappa shape index (κ1) is 20.6. The lowest BCUT2D eigenvalue weighted by Crippen LogP contribution is -2.08. The summed E-state index contributed by atoms with van der Waals surface area (Å²) in [5.74, 6) is 0.805. The van der Waals surface area contributed by atoms with E-state index in [4.69, 9.17) is 16.3 Å². The summed E-state index contributed by atoms with van der Waals surface area (Å²) in [6.07, 6.45) is 3.52. The van der Waals surface area contributed by atoms with E-state index < -0.39 is 0 Å². The molecule has 0 spiro atoms. The summed E-state index contributed by atoms with van der Waals surface area (Å²) in [6, 6.07) is 22.2. The summed E-state index contributed by atoms with van der Waals surface area (Å²) in [5.41, 5.74) is 3.32. The van der Waals surface area contributed by atoms with Crippen LogP contribution >= 0.6 is 23.4 Å². The van der Waals surface area contributed by atoms with Gasteiger partial charge in [0.05, 0.1) is 18.4 Å². The van der Waals surface area contributed by atoms with E-state index in [2.05, 4.69) is 56.1 Å². The van der Waals surface area contributed by atoms with Crippen molar-refractivity contribution in [2.24, 2.45) is 0 Å². The Hall–Kier alpha value is -2.67. The van der Waals surface area contributed by atoms with Crippen molar-refractivity contribution < 1.29 is 4.74 Å². The fourth-order valence-electron chi connectivity index (χ4n) is 3.17. The molecule has 2 aromatic carbocycles. The molecule has 0 aliphatic rings. The third kappa shape index (κ3) is 4.73. The fourth-order valence-corrected chi connectivity index (χ4v) is 4.49. The molecule has 2 aromatic heterocycles. The maximum absolute atomic E-state index is 6.12. The Morgan fingerprint density at radius 1 is 0.933 bits per heavy atom. The number of thioether (sulfide) groups is 1. The van der Waals surface area contributed by atoms with Crippen LogP contribution in [0.2, 0.25) is 5.02 Å². The lowest BCUT2D eigenvalue weighted by atomic mass is 10.0. The lowest BCUT2D eigenvalue weighted by molar-refractivity contribution is 0.185. The van der Waals surface area contributed by atoms with E-state index in [9.17, 15) is 0 Å². The topological polar surface area (TPSA) is 52.8 Å². The van der Waals surface area contributed by atoms with E-state index >= 15 is 0 Å². The number of hydrogen-bond donors (Lipinski definition) is 0. The molecule has 1 atom stereocenters. The van der Waals surface area contributed by atoms with Crippen molar-refractivity contribution in [3.8, 4) is 11.4 Å². The van der Waals surface area contributed by atoms with Gasteiger partial charge in [0.25, 0.3) is 0 Å². The van der Waals surface area contributed by atoms with Crippen LogP contribution in [-0.4, -0.2) is 33.5 Å². The predicted molar refractivity (Wildman–Crippen MR) is 121 cm³/mol. The monoisotopic (exact) mass is 436 g/mol. The second-order valence-corrected chi connectivity index (χ2v) is 8.16. The Kier molecular flexibility index (Phi) is 6.79. The van der Waals surface area contributed by atoms with Crippen LogP contribution in [0.3, 0.4) is 0 Å². The summed E-state index contributed by atoms with van der Waals surface area (Å²) in [7, 11) is 1.70. The van der Waals surface area contributed by atoms with E-state index in [1.165, 1.54) is 5.56 Å². The molecule has 0 amide bonds.